The molecule has 1 aliphatic rings. The van der Waals surface area contributed by atoms with Crippen LogP contribution in [0.5, 0.6) is 0 Å². The van der Waals surface area contributed by atoms with Gasteiger partial charge in [-0.2, -0.15) is 4.80 Å². The Labute approximate surface area is 109 Å². The molecule has 0 radical (unpaired) electrons. The maximum atomic E-state index is 11.6. The average Bonchev–Trinajstić information content (AvgIpc) is 2.74. The molecule has 1 aromatic rings. The molecule has 1 unspecified atom stereocenters. The molecule has 2 rings (SSSR count). The number of likely N-dealkylation sites (tertiary alicyclic amines) is 1. The van der Waals surface area contributed by atoms with Gasteiger partial charge in [-0.05, 0) is 38.3 Å². The maximum absolute atomic E-state index is 11.6. The van der Waals surface area contributed by atoms with Crippen molar-refractivity contribution in [3.05, 3.63) is 9.21 Å². The Bertz CT molecular complexity index is 445. The van der Waals surface area contributed by atoms with Crippen LogP contribution in [-0.4, -0.2) is 32.3 Å². The molecule has 16 heavy (non-hydrogen) atoms. The van der Waals surface area contributed by atoms with Gasteiger partial charge in [0.15, 0.2) is 9.21 Å². The second kappa shape index (κ2) is 4.55. The lowest BCUT2D eigenvalue weighted by molar-refractivity contribution is -0.129. The highest BCUT2D eigenvalue weighted by molar-refractivity contribution is 9.13. The van der Waals surface area contributed by atoms with Crippen LogP contribution in [-0.2, 0) is 4.79 Å². The largest absolute Gasteiger partial charge is 0.307 e. The van der Waals surface area contributed by atoms with Gasteiger partial charge >= 0.3 is 0 Å². The van der Waals surface area contributed by atoms with Crippen LogP contribution in [0.15, 0.2) is 9.21 Å². The third kappa shape index (κ3) is 1.99. The van der Waals surface area contributed by atoms with Crippen LogP contribution in [0.2, 0.25) is 0 Å². The van der Waals surface area contributed by atoms with Gasteiger partial charge < -0.3 is 4.90 Å². The van der Waals surface area contributed by atoms with Gasteiger partial charge in [0, 0.05) is 6.42 Å². The van der Waals surface area contributed by atoms with Crippen molar-refractivity contribution in [1.82, 2.24) is 19.9 Å². The standard InChI is InChI=1S/C9H8Br2N4O/c1-2-5-14-6(3-4-7(14)16)15-12-8(10)9(11)13-15/h1,6H,3-5H2. The van der Waals surface area contributed by atoms with Crippen LogP contribution < -0.4 is 0 Å². The summed E-state index contributed by atoms with van der Waals surface area (Å²) in [7, 11) is 0. The summed E-state index contributed by atoms with van der Waals surface area (Å²) < 4.78 is 1.24. The van der Waals surface area contributed by atoms with Gasteiger partial charge in [-0.15, -0.1) is 16.6 Å². The fourth-order valence-electron chi connectivity index (χ4n) is 1.67. The van der Waals surface area contributed by atoms with Gasteiger partial charge in [0.25, 0.3) is 0 Å². The zero-order valence-electron chi connectivity index (χ0n) is 8.23. The van der Waals surface area contributed by atoms with E-state index < -0.39 is 0 Å². The fraction of sp³-hybridized carbons (Fsp3) is 0.444. The van der Waals surface area contributed by atoms with E-state index in [2.05, 4.69) is 48.0 Å². The Balaban J connectivity index is 2.27. The van der Waals surface area contributed by atoms with Crippen molar-refractivity contribution >= 4 is 37.8 Å². The summed E-state index contributed by atoms with van der Waals surface area (Å²) in [6.45, 7) is 0.292. The number of aromatic nitrogens is 3. The third-order valence-corrected chi connectivity index (χ3v) is 3.98. The Morgan fingerprint density at radius 2 is 2.06 bits per heavy atom. The van der Waals surface area contributed by atoms with Crippen LogP contribution in [0.1, 0.15) is 19.0 Å². The first-order valence-electron chi connectivity index (χ1n) is 4.64. The van der Waals surface area contributed by atoms with Crippen molar-refractivity contribution in [2.45, 2.75) is 19.0 Å². The SMILES string of the molecule is C#CCN1C(=O)CCC1n1nc(Br)c(Br)n1. The molecule has 1 fully saturated rings. The summed E-state index contributed by atoms with van der Waals surface area (Å²) in [4.78, 5) is 14.7. The quantitative estimate of drug-likeness (QED) is 0.763. The molecule has 1 aromatic heterocycles. The van der Waals surface area contributed by atoms with Gasteiger partial charge in [0.2, 0.25) is 5.91 Å². The molecular weight excluding hydrogens is 340 g/mol. The Hall–Kier alpha value is -0.870. The van der Waals surface area contributed by atoms with Gasteiger partial charge in [-0.25, -0.2) is 0 Å². The zero-order chi connectivity index (χ0) is 11.7. The van der Waals surface area contributed by atoms with Gasteiger partial charge in [-0.3, -0.25) is 4.79 Å². The number of terminal acetylenes is 1. The molecule has 1 atom stereocenters. The topological polar surface area (TPSA) is 51.0 Å². The van der Waals surface area contributed by atoms with Crippen LogP contribution in [0.4, 0.5) is 0 Å². The molecule has 0 aliphatic carbocycles. The summed E-state index contributed by atoms with van der Waals surface area (Å²) in [6, 6.07) is 0. The Morgan fingerprint density at radius 3 is 2.62 bits per heavy atom. The number of rotatable bonds is 2. The molecule has 0 saturated carbocycles. The predicted octanol–water partition coefficient (Wildman–Crippen LogP) is 1.56. The van der Waals surface area contributed by atoms with Crippen LogP contribution in [0.3, 0.4) is 0 Å². The molecule has 1 aliphatic heterocycles. The third-order valence-electron chi connectivity index (χ3n) is 2.38. The maximum Gasteiger partial charge on any atom is 0.225 e. The van der Waals surface area contributed by atoms with Crippen LogP contribution in [0.25, 0.3) is 0 Å². The van der Waals surface area contributed by atoms with E-state index in [1.165, 1.54) is 4.80 Å². The molecule has 1 saturated heterocycles. The fourth-order valence-corrected chi connectivity index (χ4v) is 2.15. The highest BCUT2D eigenvalue weighted by atomic mass is 79.9. The lowest BCUT2D eigenvalue weighted by Crippen LogP contribution is -2.32. The van der Waals surface area contributed by atoms with E-state index in [1.54, 1.807) is 4.90 Å². The first kappa shape index (κ1) is 11.6. The first-order valence-corrected chi connectivity index (χ1v) is 6.23. The molecular formula is C9H8Br2N4O. The second-order valence-corrected chi connectivity index (χ2v) is 4.85. The molecule has 0 N–H and O–H groups in total. The Morgan fingerprint density at radius 1 is 1.44 bits per heavy atom. The first-order chi connectivity index (χ1) is 7.63. The van der Waals surface area contributed by atoms with E-state index in [-0.39, 0.29) is 12.1 Å². The highest BCUT2D eigenvalue weighted by Crippen LogP contribution is 2.28. The second-order valence-electron chi connectivity index (χ2n) is 3.35. The molecule has 5 nitrogen and oxygen atoms in total. The highest BCUT2D eigenvalue weighted by Gasteiger charge is 2.33. The number of carbonyl (C=O) groups excluding carboxylic acids is 1. The number of hydrogen-bond acceptors (Lipinski definition) is 3. The van der Waals surface area contributed by atoms with Crippen molar-refractivity contribution in [2.24, 2.45) is 0 Å². The van der Waals surface area contributed by atoms with Crippen molar-refractivity contribution in [3.63, 3.8) is 0 Å². The number of nitrogens with zero attached hydrogens (tertiary/aromatic N) is 4. The number of amides is 1. The minimum atomic E-state index is -0.175. The molecule has 1 amide bonds. The minimum Gasteiger partial charge on any atom is -0.307 e. The molecule has 7 heteroatoms. The summed E-state index contributed by atoms with van der Waals surface area (Å²) in [6.07, 6.45) is 6.24. The molecule has 0 spiro atoms. The number of carbonyl (C=O) groups is 1. The van der Waals surface area contributed by atoms with Crippen molar-refractivity contribution in [2.75, 3.05) is 6.54 Å². The minimum absolute atomic E-state index is 0.0486. The van der Waals surface area contributed by atoms with E-state index in [0.29, 0.717) is 28.6 Å². The van der Waals surface area contributed by atoms with E-state index in [1.807, 2.05) is 0 Å². The van der Waals surface area contributed by atoms with Gasteiger partial charge in [-0.1, -0.05) is 5.92 Å². The van der Waals surface area contributed by atoms with E-state index in [9.17, 15) is 4.79 Å². The van der Waals surface area contributed by atoms with Gasteiger partial charge in [0.05, 0.1) is 6.54 Å². The summed E-state index contributed by atoms with van der Waals surface area (Å²) in [5, 5.41) is 8.34. The zero-order valence-corrected chi connectivity index (χ0v) is 11.4. The van der Waals surface area contributed by atoms with Crippen molar-refractivity contribution in [1.29, 1.82) is 0 Å². The summed E-state index contributed by atoms with van der Waals surface area (Å²) >= 11 is 6.50. The number of halogens is 2. The molecule has 0 aromatic carbocycles. The van der Waals surface area contributed by atoms with E-state index >= 15 is 0 Å². The van der Waals surface area contributed by atoms with E-state index in [4.69, 9.17) is 6.42 Å². The smallest absolute Gasteiger partial charge is 0.225 e. The molecule has 84 valence electrons. The Kier molecular flexibility index (Phi) is 3.30. The van der Waals surface area contributed by atoms with Crippen LogP contribution in [0, 0.1) is 12.3 Å². The molecule has 0 bridgehead atoms. The molecule has 2 heterocycles. The van der Waals surface area contributed by atoms with Gasteiger partial charge in [0.1, 0.15) is 6.17 Å². The van der Waals surface area contributed by atoms with Crippen molar-refractivity contribution < 1.29 is 4.79 Å². The van der Waals surface area contributed by atoms with Crippen LogP contribution >= 0.6 is 31.9 Å². The van der Waals surface area contributed by atoms with E-state index in [0.717, 1.165) is 0 Å². The number of hydrogen-bond donors (Lipinski definition) is 0. The average molecular weight is 348 g/mol. The predicted molar refractivity (Wildman–Crippen MR) is 64.2 cm³/mol. The normalized spacial score (nSPS) is 20.2. The summed E-state index contributed by atoms with van der Waals surface area (Å²) in [5.41, 5.74) is 0. The monoisotopic (exact) mass is 346 g/mol. The summed E-state index contributed by atoms with van der Waals surface area (Å²) in [5.74, 6) is 2.52. The lowest BCUT2D eigenvalue weighted by Gasteiger charge is -2.21. The van der Waals surface area contributed by atoms with Crippen molar-refractivity contribution in [3.8, 4) is 12.3 Å². The lowest BCUT2D eigenvalue weighted by atomic mass is 10.3.